The molecular formula is C21H19F2NO4. The number of likely N-dealkylation sites (tertiary alicyclic amines) is 1. The second-order valence-electron chi connectivity index (χ2n) is 7.36. The van der Waals surface area contributed by atoms with E-state index in [-0.39, 0.29) is 24.1 Å². The summed E-state index contributed by atoms with van der Waals surface area (Å²) in [7, 11) is 0. The minimum absolute atomic E-state index is 0.0190. The Hall–Kier alpha value is -2.96. The number of carbonyl (C=O) groups is 2. The number of carbonyl (C=O) groups excluding carboxylic acids is 1. The molecule has 0 unspecified atom stereocenters. The van der Waals surface area contributed by atoms with E-state index in [1.807, 2.05) is 0 Å². The molecule has 0 spiro atoms. The molecule has 2 atom stereocenters. The summed E-state index contributed by atoms with van der Waals surface area (Å²) in [5.74, 6) is -2.49. The normalized spacial score (nSPS) is 21.6. The highest BCUT2D eigenvalue weighted by Crippen LogP contribution is 2.44. The van der Waals surface area contributed by atoms with Crippen molar-refractivity contribution >= 4 is 11.9 Å². The first-order valence-electron chi connectivity index (χ1n) is 9.17. The summed E-state index contributed by atoms with van der Waals surface area (Å²) in [5.41, 5.74) is 0.410. The number of hydrogen-bond acceptors (Lipinski definition) is 3. The van der Waals surface area contributed by atoms with Crippen molar-refractivity contribution in [3.63, 3.8) is 0 Å². The molecule has 1 saturated carbocycles. The molecule has 0 aromatic heterocycles. The molecule has 28 heavy (non-hydrogen) atoms. The maximum Gasteiger partial charge on any atom is 0.308 e. The number of benzene rings is 2. The third-order valence-corrected chi connectivity index (χ3v) is 5.42. The monoisotopic (exact) mass is 387 g/mol. The number of halogens is 2. The number of carboxylic acid groups (broad SMARTS) is 1. The Morgan fingerprint density at radius 1 is 1.04 bits per heavy atom. The van der Waals surface area contributed by atoms with Gasteiger partial charge < -0.3 is 14.7 Å². The molecule has 5 nitrogen and oxygen atoms in total. The van der Waals surface area contributed by atoms with Crippen molar-refractivity contribution in [2.24, 2.45) is 17.8 Å². The van der Waals surface area contributed by atoms with E-state index < -0.39 is 23.5 Å². The molecule has 1 heterocycles. The Labute approximate surface area is 160 Å². The Balaban J connectivity index is 1.45. The van der Waals surface area contributed by atoms with Gasteiger partial charge in [-0.1, -0.05) is 0 Å². The topological polar surface area (TPSA) is 66.8 Å². The molecule has 1 N–H and O–H groups in total. The molecule has 1 aliphatic heterocycles. The van der Waals surface area contributed by atoms with Gasteiger partial charge in [-0.25, -0.2) is 8.78 Å². The summed E-state index contributed by atoms with van der Waals surface area (Å²) < 4.78 is 32.0. The van der Waals surface area contributed by atoms with Crippen LogP contribution in [0.2, 0.25) is 0 Å². The van der Waals surface area contributed by atoms with Gasteiger partial charge in [-0.2, -0.15) is 0 Å². The minimum Gasteiger partial charge on any atom is -0.481 e. The summed E-state index contributed by atoms with van der Waals surface area (Å²) in [5, 5.41) is 9.44. The maximum absolute atomic E-state index is 13.7. The van der Waals surface area contributed by atoms with Crippen LogP contribution in [-0.2, 0) is 4.79 Å². The summed E-state index contributed by atoms with van der Waals surface area (Å²) in [6.07, 6.45) is 2.06. The summed E-state index contributed by atoms with van der Waals surface area (Å²) in [6.45, 7) is 0.674. The van der Waals surface area contributed by atoms with Crippen LogP contribution in [0, 0.1) is 29.4 Å². The van der Waals surface area contributed by atoms with Crippen LogP contribution in [0.15, 0.2) is 42.5 Å². The van der Waals surface area contributed by atoms with E-state index in [0.717, 1.165) is 25.0 Å². The van der Waals surface area contributed by atoms with E-state index in [9.17, 15) is 23.5 Å². The lowest BCUT2D eigenvalue weighted by Gasteiger charge is -2.16. The second kappa shape index (κ2) is 7.22. The van der Waals surface area contributed by atoms with Crippen LogP contribution < -0.4 is 4.74 Å². The predicted molar refractivity (Wildman–Crippen MR) is 96.1 cm³/mol. The predicted octanol–water partition coefficient (Wildman–Crippen LogP) is 3.94. The van der Waals surface area contributed by atoms with Gasteiger partial charge in [0.15, 0.2) is 11.6 Å². The number of nitrogens with zero attached hydrogens (tertiary/aromatic N) is 1. The number of hydrogen-bond donors (Lipinski definition) is 1. The third kappa shape index (κ3) is 3.69. The lowest BCUT2D eigenvalue weighted by molar-refractivity contribution is -0.142. The van der Waals surface area contributed by atoms with E-state index in [4.69, 9.17) is 4.74 Å². The van der Waals surface area contributed by atoms with Gasteiger partial charge in [0.25, 0.3) is 5.91 Å². The minimum atomic E-state index is -0.850. The summed E-state index contributed by atoms with van der Waals surface area (Å²) in [6, 6.07) is 9.18. The van der Waals surface area contributed by atoms with Crippen molar-refractivity contribution in [1.82, 2.24) is 4.90 Å². The van der Waals surface area contributed by atoms with Crippen molar-refractivity contribution in [3.8, 4) is 11.5 Å². The molecule has 4 rings (SSSR count). The average Bonchev–Trinajstić information content (AvgIpc) is 3.42. The summed E-state index contributed by atoms with van der Waals surface area (Å²) in [4.78, 5) is 25.9. The molecule has 146 valence electrons. The highest BCUT2D eigenvalue weighted by atomic mass is 19.1. The fourth-order valence-electron chi connectivity index (χ4n) is 3.79. The van der Waals surface area contributed by atoms with Crippen LogP contribution in [-0.4, -0.2) is 35.0 Å². The summed E-state index contributed by atoms with van der Waals surface area (Å²) >= 11 is 0. The fraction of sp³-hybridized carbons (Fsp3) is 0.333. The molecule has 0 radical (unpaired) electrons. The number of aliphatic carboxylic acids is 1. The number of rotatable bonds is 5. The Bertz CT molecular complexity index is 911. The van der Waals surface area contributed by atoms with Crippen LogP contribution >= 0.6 is 0 Å². The van der Waals surface area contributed by atoms with Crippen molar-refractivity contribution in [2.45, 2.75) is 12.8 Å². The maximum atomic E-state index is 13.7. The van der Waals surface area contributed by atoms with Crippen molar-refractivity contribution in [3.05, 3.63) is 59.7 Å². The van der Waals surface area contributed by atoms with Crippen molar-refractivity contribution < 1.29 is 28.2 Å². The first kappa shape index (κ1) is 18.4. The first-order valence-corrected chi connectivity index (χ1v) is 9.17. The van der Waals surface area contributed by atoms with Gasteiger partial charge in [0, 0.05) is 24.7 Å². The second-order valence-corrected chi connectivity index (χ2v) is 7.36. The van der Waals surface area contributed by atoms with E-state index in [2.05, 4.69) is 0 Å². The molecule has 1 aliphatic carbocycles. The molecule has 0 bridgehead atoms. The number of ether oxygens (including phenoxy) is 1. The highest BCUT2D eigenvalue weighted by molar-refractivity contribution is 5.95. The largest absolute Gasteiger partial charge is 0.481 e. The van der Waals surface area contributed by atoms with Crippen LogP contribution in [0.3, 0.4) is 0 Å². The third-order valence-electron chi connectivity index (χ3n) is 5.42. The van der Waals surface area contributed by atoms with Gasteiger partial charge in [0.05, 0.1) is 5.92 Å². The SMILES string of the molecule is O=C(O)[C@H]1CN(C(=O)c2ccc(Oc3ccc(F)cc3F)cc2)C[C@@H]1C1CC1. The lowest BCUT2D eigenvalue weighted by Crippen LogP contribution is -2.29. The molecule has 2 aromatic carbocycles. The molecule has 2 aromatic rings. The van der Waals surface area contributed by atoms with Gasteiger partial charge in [0.1, 0.15) is 11.6 Å². The molecular weight excluding hydrogens is 368 g/mol. The Morgan fingerprint density at radius 3 is 2.36 bits per heavy atom. The zero-order valence-corrected chi connectivity index (χ0v) is 15.0. The van der Waals surface area contributed by atoms with E-state index in [1.54, 1.807) is 17.0 Å². The van der Waals surface area contributed by atoms with Crippen LogP contribution in [0.1, 0.15) is 23.2 Å². The Kier molecular flexibility index (Phi) is 4.75. The zero-order valence-electron chi connectivity index (χ0n) is 15.0. The number of amides is 1. The van der Waals surface area contributed by atoms with Crippen LogP contribution in [0.25, 0.3) is 0 Å². The van der Waals surface area contributed by atoms with Gasteiger partial charge in [-0.05, 0) is 61.1 Å². The van der Waals surface area contributed by atoms with Crippen LogP contribution in [0.5, 0.6) is 11.5 Å². The van der Waals surface area contributed by atoms with Crippen molar-refractivity contribution in [1.29, 1.82) is 0 Å². The Morgan fingerprint density at radius 2 is 1.75 bits per heavy atom. The first-order chi connectivity index (χ1) is 13.4. The molecule has 1 saturated heterocycles. The van der Waals surface area contributed by atoms with E-state index >= 15 is 0 Å². The van der Waals surface area contributed by atoms with Gasteiger partial charge >= 0.3 is 5.97 Å². The lowest BCUT2D eigenvalue weighted by atomic mass is 9.92. The molecule has 1 amide bonds. The van der Waals surface area contributed by atoms with E-state index in [0.29, 0.717) is 23.8 Å². The van der Waals surface area contributed by atoms with E-state index in [1.165, 1.54) is 18.2 Å². The number of carboxylic acids is 1. The molecule has 2 fully saturated rings. The smallest absolute Gasteiger partial charge is 0.308 e. The quantitative estimate of drug-likeness (QED) is 0.844. The molecule has 7 heteroatoms. The standard InChI is InChI=1S/C21H19F2NO4/c22-14-5-8-19(18(23)9-14)28-15-6-3-13(4-7-15)20(25)24-10-16(12-1-2-12)17(11-24)21(26)27/h3-9,12,16-17H,1-2,10-11H2,(H,26,27)/t16-,17+/m1/s1. The van der Waals surface area contributed by atoms with Crippen LogP contribution in [0.4, 0.5) is 8.78 Å². The zero-order chi connectivity index (χ0) is 19.8. The fourth-order valence-corrected chi connectivity index (χ4v) is 3.79. The van der Waals surface area contributed by atoms with Gasteiger partial charge in [0.2, 0.25) is 0 Å². The van der Waals surface area contributed by atoms with Crippen molar-refractivity contribution in [2.75, 3.05) is 13.1 Å². The molecule has 2 aliphatic rings. The van der Waals surface area contributed by atoms with Gasteiger partial charge in [-0.15, -0.1) is 0 Å². The highest BCUT2D eigenvalue weighted by Gasteiger charge is 2.46. The van der Waals surface area contributed by atoms with Gasteiger partial charge in [-0.3, -0.25) is 9.59 Å². The average molecular weight is 387 g/mol.